The number of urea groups is 1. The van der Waals surface area contributed by atoms with Gasteiger partial charge < -0.3 is 25.3 Å². The van der Waals surface area contributed by atoms with Gasteiger partial charge in [-0.2, -0.15) is 0 Å². The Morgan fingerprint density at radius 2 is 1.81 bits per heavy atom. The van der Waals surface area contributed by atoms with Gasteiger partial charge >= 0.3 is 12.0 Å². The molecule has 0 saturated carbocycles. The van der Waals surface area contributed by atoms with Crippen LogP contribution in [-0.2, 0) is 4.79 Å². The summed E-state index contributed by atoms with van der Waals surface area (Å²) < 4.78 is 0. The predicted molar refractivity (Wildman–Crippen MR) is 78.2 cm³/mol. The first-order valence-corrected chi connectivity index (χ1v) is 7.08. The third-order valence-electron chi connectivity index (χ3n) is 3.57. The Balaban J connectivity index is 2.30. The summed E-state index contributed by atoms with van der Waals surface area (Å²) in [6.45, 7) is 5.62. The molecule has 3 N–H and O–H groups in total. The molecule has 1 saturated heterocycles. The number of rotatable bonds is 6. The molecular weight excluding hydrogens is 276 g/mol. The number of hydrogen-bond acceptors (Lipinski definition) is 5. The lowest BCUT2D eigenvalue weighted by Crippen LogP contribution is -2.55. The molecule has 122 valence electrons. The van der Waals surface area contributed by atoms with E-state index in [1.165, 1.54) is 0 Å². The standard InChI is InChI=1S/C13H26N4O4/c1-13(21,11(18)19)10-14-12(20)17-8-6-16(7-9-17)5-4-15(2)3/h21H,4-10H2,1-3H3,(H,14,20)(H,18,19). The summed E-state index contributed by atoms with van der Waals surface area (Å²) >= 11 is 0. The number of aliphatic carboxylic acids is 1. The minimum Gasteiger partial charge on any atom is -0.479 e. The normalized spacial score (nSPS) is 19.4. The fraction of sp³-hybridized carbons (Fsp3) is 0.846. The minimum atomic E-state index is -1.94. The number of likely N-dealkylation sites (N-methyl/N-ethyl adjacent to an activating group) is 1. The molecule has 0 spiro atoms. The SMILES string of the molecule is CN(C)CCN1CCN(C(=O)NCC(C)(O)C(=O)O)CC1. The maximum absolute atomic E-state index is 11.9. The van der Waals surface area contributed by atoms with Crippen molar-refractivity contribution in [3.05, 3.63) is 0 Å². The molecule has 0 aliphatic carbocycles. The molecule has 21 heavy (non-hydrogen) atoms. The molecule has 0 radical (unpaired) electrons. The van der Waals surface area contributed by atoms with Gasteiger partial charge in [0.25, 0.3) is 0 Å². The number of nitrogens with zero attached hydrogens (tertiary/aromatic N) is 3. The van der Waals surface area contributed by atoms with Crippen molar-refractivity contribution in [3.8, 4) is 0 Å². The highest BCUT2D eigenvalue weighted by Crippen LogP contribution is 2.04. The highest BCUT2D eigenvalue weighted by molar-refractivity contribution is 5.79. The quantitative estimate of drug-likeness (QED) is 0.565. The number of aliphatic hydroxyl groups is 1. The lowest BCUT2D eigenvalue weighted by molar-refractivity contribution is -0.155. The van der Waals surface area contributed by atoms with Crippen LogP contribution in [0.2, 0.25) is 0 Å². The zero-order valence-corrected chi connectivity index (χ0v) is 13.0. The third-order valence-corrected chi connectivity index (χ3v) is 3.57. The number of carboxylic acids is 1. The predicted octanol–water partition coefficient (Wildman–Crippen LogP) is -1.29. The number of nitrogens with one attached hydrogen (secondary N) is 1. The van der Waals surface area contributed by atoms with Gasteiger partial charge in [-0.05, 0) is 21.0 Å². The highest BCUT2D eigenvalue weighted by Gasteiger charge is 2.31. The molecule has 2 amide bonds. The van der Waals surface area contributed by atoms with Crippen molar-refractivity contribution in [2.24, 2.45) is 0 Å². The van der Waals surface area contributed by atoms with Crippen LogP contribution in [0.1, 0.15) is 6.92 Å². The molecule has 0 aromatic carbocycles. The Morgan fingerprint density at radius 1 is 1.24 bits per heavy atom. The van der Waals surface area contributed by atoms with E-state index < -0.39 is 11.6 Å². The van der Waals surface area contributed by atoms with Gasteiger partial charge in [-0.1, -0.05) is 0 Å². The van der Waals surface area contributed by atoms with Gasteiger partial charge in [0.2, 0.25) is 0 Å². The van der Waals surface area contributed by atoms with Crippen molar-refractivity contribution in [3.63, 3.8) is 0 Å². The minimum absolute atomic E-state index is 0.304. The molecule has 0 aromatic rings. The van der Waals surface area contributed by atoms with E-state index in [1.807, 2.05) is 14.1 Å². The van der Waals surface area contributed by atoms with Crippen LogP contribution in [0.15, 0.2) is 0 Å². The molecule has 1 atom stereocenters. The van der Waals surface area contributed by atoms with Gasteiger partial charge in [0.1, 0.15) is 0 Å². The number of amides is 2. The van der Waals surface area contributed by atoms with Gasteiger partial charge in [0, 0.05) is 39.3 Å². The molecule has 8 heteroatoms. The molecule has 1 aliphatic heterocycles. The van der Waals surface area contributed by atoms with Crippen LogP contribution >= 0.6 is 0 Å². The fourth-order valence-corrected chi connectivity index (χ4v) is 1.95. The van der Waals surface area contributed by atoms with E-state index >= 15 is 0 Å². The fourth-order valence-electron chi connectivity index (χ4n) is 1.95. The molecule has 0 aromatic heterocycles. The first kappa shape index (κ1) is 17.7. The van der Waals surface area contributed by atoms with E-state index in [9.17, 15) is 14.7 Å². The number of carbonyl (C=O) groups is 2. The van der Waals surface area contributed by atoms with Crippen LogP contribution in [-0.4, -0.2) is 102 Å². The smallest absolute Gasteiger partial charge is 0.337 e. The lowest BCUT2D eigenvalue weighted by atomic mass is 10.1. The molecule has 1 unspecified atom stereocenters. The Morgan fingerprint density at radius 3 is 2.29 bits per heavy atom. The maximum atomic E-state index is 11.9. The number of piperazine rings is 1. The van der Waals surface area contributed by atoms with Crippen molar-refractivity contribution < 1.29 is 19.8 Å². The topological polar surface area (TPSA) is 96.4 Å². The maximum Gasteiger partial charge on any atom is 0.337 e. The first-order valence-electron chi connectivity index (χ1n) is 7.08. The molecule has 1 rings (SSSR count). The summed E-state index contributed by atoms with van der Waals surface area (Å²) in [6.07, 6.45) is 0. The molecule has 1 heterocycles. The van der Waals surface area contributed by atoms with Gasteiger partial charge in [-0.3, -0.25) is 4.90 Å². The van der Waals surface area contributed by atoms with Crippen LogP contribution in [0.25, 0.3) is 0 Å². The average Bonchev–Trinajstić information content (AvgIpc) is 2.43. The van der Waals surface area contributed by atoms with Crippen molar-refractivity contribution in [1.29, 1.82) is 0 Å². The van der Waals surface area contributed by atoms with Crippen molar-refractivity contribution in [1.82, 2.24) is 20.0 Å². The third kappa shape index (κ3) is 5.86. The van der Waals surface area contributed by atoms with E-state index in [0.717, 1.165) is 33.1 Å². The van der Waals surface area contributed by atoms with Gasteiger partial charge in [0.05, 0.1) is 6.54 Å². The summed E-state index contributed by atoms with van der Waals surface area (Å²) in [6, 6.07) is -0.330. The van der Waals surface area contributed by atoms with Gasteiger partial charge in [-0.15, -0.1) is 0 Å². The second-order valence-corrected chi connectivity index (χ2v) is 5.87. The van der Waals surface area contributed by atoms with Gasteiger partial charge in [-0.25, -0.2) is 9.59 Å². The Kier molecular flexibility index (Phi) is 6.38. The first-order chi connectivity index (χ1) is 9.72. The zero-order chi connectivity index (χ0) is 16.0. The summed E-state index contributed by atoms with van der Waals surface area (Å²) in [5.74, 6) is -1.35. The Bertz CT molecular complexity index is 365. The van der Waals surface area contributed by atoms with Crippen LogP contribution in [0.5, 0.6) is 0 Å². The van der Waals surface area contributed by atoms with Crippen LogP contribution < -0.4 is 5.32 Å². The summed E-state index contributed by atoms with van der Waals surface area (Å²) in [5.41, 5.74) is -1.94. The van der Waals surface area contributed by atoms with Crippen LogP contribution in [0.4, 0.5) is 4.79 Å². The highest BCUT2D eigenvalue weighted by atomic mass is 16.4. The monoisotopic (exact) mass is 302 g/mol. The van der Waals surface area contributed by atoms with E-state index in [0.29, 0.717) is 13.1 Å². The molecule has 0 bridgehead atoms. The Labute approximate surface area is 125 Å². The van der Waals surface area contributed by atoms with Crippen molar-refractivity contribution in [2.45, 2.75) is 12.5 Å². The summed E-state index contributed by atoms with van der Waals surface area (Å²) in [5, 5.41) is 20.8. The Hall–Kier alpha value is -1.38. The van der Waals surface area contributed by atoms with Crippen molar-refractivity contribution >= 4 is 12.0 Å². The number of carboxylic acid groups (broad SMARTS) is 1. The van der Waals surface area contributed by atoms with Crippen LogP contribution in [0.3, 0.4) is 0 Å². The van der Waals surface area contributed by atoms with Gasteiger partial charge in [0.15, 0.2) is 5.60 Å². The zero-order valence-electron chi connectivity index (χ0n) is 13.0. The second kappa shape index (κ2) is 7.58. The van der Waals surface area contributed by atoms with Crippen molar-refractivity contribution in [2.75, 3.05) is 59.9 Å². The number of carbonyl (C=O) groups excluding carboxylic acids is 1. The molecule has 1 fully saturated rings. The van der Waals surface area contributed by atoms with E-state index in [-0.39, 0.29) is 12.6 Å². The summed E-state index contributed by atoms with van der Waals surface area (Å²) in [4.78, 5) is 28.7. The molecular formula is C13H26N4O4. The van der Waals surface area contributed by atoms with Crippen LogP contribution in [0, 0.1) is 0 Å². The molecule has 8 nitrogen and oxygen atoms in total. The summed E-state index contributed by atoms with van der Waals surface area (Å²) in [7, 11) is 4.05. The number of hydrogen-bond donors (Lipinski definition) is 3. The second-order valence-electron chi connectivity index (χ2n) is 5.87. The van der Waals surface area contributed by atoms with E-state index in [1.54, 1.807) is 4.90 Å². The largest absolute Gasteiger partial charge is 0.479 e. The average molecular weight is 302 g/mol. The lowest BCUT2D eigenvalue weighted by Gasteiger charge is -2.35. The van der Waals surface area contributed by atoms with E-state index in [4.69, 9.17) is 5.11 Å². The molecule has 1 aliphatic rings. The van der Waals surface area contributed by atoms with E-state index in [2.05, 4.69) is 15.1 Å².